The maximum absolute atomic E-state index is 12.3. The molecule has 1 saturated carbocycles. The van der Waals surface area contributed by atoms with Crippen molar-refractivity contribution in [1.82, 2.24) is 5.32 Å². The molecule has 5 heteroatoms. The zero-order valence-electron chi connectivity index (χ0n) is 14.7. The third kappa shape index (κ3) is 4.85. The molecule has 0 heterocycles. The molecule has 2 aromatic rings. The lowest BCUT2D eigenvalue weighted by atomic mass is 10.1. The van der Waals surface area contributed by atoms with Gasteiger partial charge in [0.05, 0.1) is 6.04 Å². The normalized spacial score (nSPS) is 19.4. The van der Waals surface area contributed by atoms with Crippen LogP contribution in [-0.2, 0) is 9.59 Å². The van der Waals surface area contributed by atoms with Gasteiger partial charge in [-0.1, -0.05) is 42.5 Å². The van der Waals surface area contributed by atoms with Gasteiger partial charge in [-0.3, -0.25) is 4.79 Å². The monoisotopic (exact) mass is 353 g/mol. The van der Waals surface area contributed by atoms with Crippen molar-refractivity contribution in [3.05, 3.63) is 65.7 Å². The van der Waals surface area contributed by atoms with Gasteiger partial charge in [0.15, 0.2) is 6.61 Å². The lowest BCUT2D eigenvalue weighted by Gasteiger charge is -2.15. The predicted molar refractivity (Wildman–Crippen MR) is 98.0 cm³/mol. The van der Waals surface area contributed by atoms with Crippen molar-refractivity contribution in [2.75, 3.05) is 6.61 Å². The van der Waals surface area contributed by atoms with Crippen molar-refractivity contribution in [1.29, 1.82) is 0 Å². The molecule has 26 heavy (non-hydrogen) atoms. The second-order valence-electron chi connectivity index (χ2n) is 6.76. The molecular formula is C21H23NO4. The molecule has 1 aliphatic rings. The molecule has 5 nitrogen and oxygen atoms in total. The van der Waals surface area contributed by atoms with Crippen molar-refractivity contribution in [3.63, 3.8) is 0 Å². The molecule has 1 aliphatic carbocycles. The number of hydrogen-bond donors (Lipinski definition) is 2. The van der Waals surface area contributed by atoms with Crippen LogP contribution in [0.5, 0.6) is 5.75 Å². The summed E-state index contributed by atoms with van der Waals surface area (Å²) in [7, 11) is 0. The van der Waals surface area contributed by atoms with Crippen molar-refractivity contribution in [3.8, 4) is 5.75 Å². The first kappa shape index (κ1) is 18.0. The number of carbonyl (C=O) groups is 2. The van der Waals surface area contributed by atoms with E-state index in [-0.39, 0.29) is 18.6 Å². The van der Waals surface area contributed by atoms with Crippen LogP contribution in [0.25, 0.3) is 0 Å². The number of benzene rings is 2. The molecule has 0 aromatic heterocycles. The molecule has 1 fully saturated rings. The van der Waals surface area contributed by atoms with E-state index in [9.17, 15) is 9.59 Å². The van der Waals surface area contributed by atoms with Gasteiger partial charge in [0.25, 0.3) is 0 Å². The molecule has 2 N–H and O–H groups in total. The number of aliphatic carboxylic acids is 1. The minimum atomic E-state index is -1.01. The number of rotatable bonds is 8. The molecule has 3 atom stereocenters. The van der Waals surface area contributed by atoms with E-state index in [2.05, 4.69) is 17.4 Å². The fourth-order valence-corrected chi connectivity index (χ4v) is 3.20. The summed E-state index contributed by atoms with van der Waals surface area (Å²) in [6.45, 7) is 1.57. The fraction of sp³-hybridized carbons (Fsp3) is 0.333. The highest BCUT2D eigenvalue weighted by Gasteiger charge is 2.39. The Morgan fingerprint density at radius 2 is 1.85 bits per heavy atom. The van der Waals surface area contributed by atoms with E-state index >= 15 is 0 Å². The molecular weight excluding hydrogens is 330 g/mol. The highest BCUT2D eigenvalue weighted by Crippen LogP contribution is 2.49. The first-order valence-corrected chi connectivity index (χ1v) is 8.82. The smallest absolute Gasteiger partial charge is 0.341 e. The Balaban J connectivity index is 1.46. The minimum absolute atomic E-state index is 0.0622. The first-order valence-electron chi connectivity index (χ1n) is 8.82. The minimum Gasteiger partial charge on any atom is -0.482 e. The average molecular weight is 353 g/mol. The van der Waals surface area contributed by atoms with Crippen LogP contribution in [0.1, 0.15) is 42.9 Å². The van der Waals surface area contributed by atoms with Crippen LogP contribution in [0, 0.1) is 5.92 Å². The first-order chi connectivity index (χ1) is 12.5. The maximum Gasteiger partial charge on any atom is 0.341 e. The van der Waals surface area contributed by atoms with Gasteiger partial charge < -0.3 is 15.2 Å². The number of nitrogens with one attached hydrogen (secondary N) is 1. The van der Waals surface area contributed by atoms with Crippen molar-refractivity contribution in [2.24, 2.45) is 5.92 Å². The third-order valence-corrected chi connectivity index (χ3v) is 4.72. The van der Waals surface area contributed by atoms with Crippen molar-refractivity contribution in [2.45, 2.75) is 31.7 Å². The SMILES string of the molecule is CC(NC(=O)C[C@@H]1C[C@H]1c1ccccc1)c1ccc(OCC(=O)O)cc1. The number of carboxylic acid groups (broad SMARTS) is 1. The number of ether oxygens (including phenoxy) is 1. The zero-order chi connectivity index (χ0) is 18.5. The van der Waals surface area contributed by atoms with E-state index in [0.717, 1.165) is 12.0 Å². The highest BCUT2D eigenvalue weighted by atomic mass is 16.5. The number of carboxylic acids is 1. The molecule has 136 valence electrons. The standard InChI is InChI=1S/C21H23NO4/c1-14(15-7-9-18(10-8-15)26-13-21(24)25)22-20(23)12-17-11-19(17)16-5-3-2-4-6-16/h2-10,14,17,19H,11-13H2,1H3,(H,22,23)(H,24,25)/t14?,17-,19-/m0/s1. The zero-order valence-corrected chi connectivity index (χ0v) is 14.7. The van der Waals surface area contributed by atoms with Crippen LogP contribution in [0.3, 0.4) is 0 Å². The molecule has 0 aliphatic heterocycles. The summed E-state index contributed by atoms with van der Waals surface area (Å²) >= 11 is 0. The van der Waals surface area contributed by atoms with E-state index in [1.54, 1.807) is 12.1 Å². The highest BCUT2D eigenvalue weighted by molar-refractivity contribution is 5.77. The van der Waals surface area contributed by atoms with Gasteiger partial charge in [-0.2, -0.15) is 0 Å². The Hall–Kier alpha value is -2.82. The third-order valence-electron chi connectivity index (χ3n) is 4.72. The molecule has 0 saturated heterocycles. The van der Waals surface area contributed by atoms with E-state index in [4.69, 9.17) is 9.84 Å². The molecule has 0 spiro atoms. The summed E-state index contributed by atoms with van der Waals surface area (Å²) in [5.41, 5.74) is 2.27. The van der Waals surface area contributed by atoms with E-state index < -0.39 is 5.97 Å². The van der Waals surface area contributed by atoms with Crippen LogP contribution < -0.4 is 10.1 Å². The van der Waals surface area contributed by atoms with Crippen LogP contribution in [0.4, 0.5) is 0 Å². The summed E-state index contributed by atoms with van der Waals surface area (Å²) in [5, 5.41) is 11.6. The topological polar surface area (TPSA) is 75.6 Å². The largest absolute Gasteiger partial charge is 0.482 e. The number of hydrogen-bond acceptors (Lipinski definition) is 3. The van der Waals surface area contributed by atoms with E-state index in [0.29, 0.717) is 24.0 Å². The Morgan fingerprint density at radius 1 is 1.15 bits per heavy atom. The number of carbonyl (C=O) groups excluding carboxylic acids is 1. The lowest BCUT2D eigenvalue weighted by Crippen LogP contribution is -2.26. The molecule has 3 rings (SSSR count). The summed E-state index contributed by atoms with van der Waals surface area (Å²) in [4.78, 5) is 22.8. The summed E-state index contributed by atoms with van der Waals surface area (Å²) in [5.74, 6) is 0.480. The molecule has 0 bridgehead atoms. The Labute approximate surface area is 153 Å². The van der Waals surface area contributed by atoms with Crippen LogP contribution in [-0.4, -0.2) is 23.6 Å². The summed E-state index contributed by atoms with van der Waals surface area (Å²) < 4.78 is 5.11. The average Bonchev–Trinajstić information content (AvgIpc) is 3.40. The van der Waals surface area contributed by atoms with Gasteiger partial charge in [0.2, 0.25) is 5.91 Å². The van der Waals surface area contributed by atoms with Gasteiger partial charge in [0.1, 0.15) is 5.75 Å². The second kappa shape index (κ2) is 8.04. The van der Waals surface area contributed by atoms with Gasteiger partial charge >= 0.3 is 5.97 Å². The van der Waals surface area contributed by atoms with Crippen molar-refractivity contribution >= 4 is 11.9 Å². The fourth-order valence-electron chi connectivity index (χ4n) is 3.20. The van der Waals surface area contributed by atoms with Gasteiger partial charge in [0, 0.05) is 6.42 Å². The Morgan fingerprint density at radius 3 is 2.50 bits per heavy atom. The van der Waals surface area contributed by atoms with Gasteiger partial charge in [-0.25, -0.2) is 4.79 Å². The Bertz CT molecular complexity index is 757. The summed E-state index contributed by atoms with van der Waals surface area (Å²) in [6, 6.07) is 17.3. The van der Waals surface area contributed by atoms with Crippen LogP contribution in [0.2, 0.25) is 0 Å². The Kier molecular flexibility index (Phi) is 5.56. The molecule has 0 radical (unpaired) electrons. The quantitative estimate of drug-likeness (QED) is 0.761. The van der Waals surface area contributed by atoms with Gasteiger partial charge in [-0.15, -0.1) is 0 Å². The maximum atomic E-state index is 12.3. The number of amides is 1. The summed E-state index contributed by atoms with van der Waals surface area (Å²) in [6.07, 6.45) is 1.62. The van der Waals surface area contributed by atoms with Gasteiger partial charge in [-0.05, 0) is 48.4 Å². The molecule has 2 aromatic carbocycles. The predicted octanol–water partition coefficient (Wildman–Crippen LogP) is 3.52. The van der Waals surface area contributed by atoms with E-state index in [1.165, 1.54) is 5.56 Å². The van der Waals surface area contributed by atoms with Crippen LogP contribution >= 0.6 is 0 Å². The molecule has 1 unspecified atom stereocenters. The van der Waals surface area contributed by atoms with Crippen molar-refractivity contribution < 1.29 is 19.4 Å². The molecule has 1 amide bonds. The lowest BCUT2D eigenvalue weighted by molar-refractivity contribution is -0.139. The van der Waals surface area contributed by atoms with E-state index in [1.807, 2.05) is 37.3 Å². The second-order valence-corrected chi connectivity index (χ2v) is 6.76. The van der Waals surface area contributed by atoms with Crippen LogP contribution in [0.15, 0.2) is 54.6 Å².